The molecule has 1 atom stereocenters. The van der Waals surface area contributed by atoms with Crippen LogP contribution in [0.4, 0.5) is 0 Å². The first-order valence-corrected chi connectivity index (χ1v) is 10.3. The summed E-state index contributed by atoms with van der Waals surface area (Å²) in [5.41, 5.74) is 4.83. The number of carboxylic acids is 1. The van der Waals surface area contributed by atoms with Crippen molar-refractivity contribution in [2.24, 2.45) is 16.9 Å². The van der Waals surface area contributed by atoms with Crippen LogP contribution in [0.1, 0.15) is 39.5 Å². The molecule has 2 aliphatic carbocycles. The average molecular weight is 416 g/mol. The zero-order valence-electron chi connectivity index (χ0n) is 17.1. The second-order valence-electron chi connectivity index (χ2n) is 7.47. The van der Waals surface area contributed by atoms with E-state index in [1.165, 1.54) is 29.6 Å². The Kier molecular flexibility index (Phi) is 8.52. The number of aliphatic carboxylic acids is 1. The molecule has 5 nitrogen and oxygen atoms in total. The smallest absolute Gasteiger partial charge is 0.303 e. The molecule has 0 radical (unpaired) electrons. The largest absolute Gasteiger partial charge is 0.481 e. The van der Waals surface area contributed by atoms with Gasteiger partial charge in [-0.25, -0.2) is 0 Å². The summed E-state index contributed by atoms with van der Waals surface area (Å²) in [6, 6.07) is -0.111. The van der Waals surface area contributed by atoms with Crippen LogP contribution in [-0.2, 0) is 4.79 Å². The van der Waals surface area contributed by atoms with Crippen LogP contribution in [0.25, 0.3) is 0 Å². The Morgan fingerprint density at radius 2 is 2.17 bits per heavy atom. The lowest BCUT2D eigenvalue weighted by molar-refractivity contribution is -0.137. The molecule has 0 aromatic carbocycles. The van der Waals surface area contributed by atoms with E-state index in [9.17, 15) is 4.79 Å². The second-order valence-corrected chi connectivity index (χ2v) is 7.81. The second kappa shape index (κ2) is 10.9. The van der Waals surface area contributed by atoms with Crippen molar-refractivity contribution in [2.45, 2.75) is 45.6 Å². The van der Waals surface area contributed by atoms with Crippen LogP contribution in [0, 0.1) is 5.92 Å². The van der Waals surface area contributed by atoms with Gasteiger partial charge >= 0.3 is 5.97 Å². The number of carboxylic acid groups (broad SMARTS) is 1. The Morgan fingerprint density at radius 1 is 1.45 bits per heavy atom. The minimum absolute atomic E-state index is 0.0634. The van der Waals surface area contributed by atoms with Gasteiger partial charge in [0.15, 0.2) is 0 Å². The average Bonchev–Trinajstić information content (AvgIpc) is 3.52. The number of hydrogen-bond donors (Lipinski definition) is 2. The highest BCUT2D eigenvalue weighted by molar-refractivity contribution is 6.64. The fraction of sp³-hybridized carbons (Fsp3) is 0.391. The van der Waals surface area contributed by atoms with Gasteiger partial charge in [0.2, 0.25) is 5.29 Å². The first kappa shape index (κ1) is 22.8. The summed E-state index contributed by atoms with van der Waals surface area (Å²) in [4.78, 5) is 12.8. The Morgan fingerprint density at radius 3 is 2.76 bits per heavy atom. The predicted octanol–water partition coefficient (Wildman–Crippen LogP) is 4.90. The number of nitrogens with two attached hydrogens (primary N) is 1. The van der Waals surface area contributed by atoms with E-state index in [1.54, 1.807) is 6.08 Å². The zero-order valence-corrected chi connectivity index (χ0v) is 17.9. The topological polar surface area (TPSA) is 78.9 Å². The van der Waals surface area contributed by atoms with Gasteiger partial charge in [-0.05, 0) is 72.9 Å². The normalized spacial score (nSPS) is 26.0. The van der Waals surface area contributed by atoms with E-state index in [2.05, 4.69) is 49.0 Å². The Bertz CT molecular complexity index is 814. The Hall–Kier alpha value is -2.53. The van der Waals surface area contributed by atoms with Crippen LogP contribution in [0.5, 0.6) is 0 Å². The Balaban J connectivity index is 2.27. The van der Waals surface area contributed by atoms with Crippen molar-refractivity contribution in [1.82, 2.24) is 4.90 Å². The maximum Gasteiger partial charge on any atom is 0.303 e. The monoisotopic (exact) mass is 415 g/mol. The lowest BCUT2D eigenvalue weighted by Crippen LogP contribution is -2.38. The maximum absolute atomic E-state index is 10.9. The van der Waals surface area contributed by atoms with Crippen molar-refractivity contribution >= 4 is 22.9 Å². The van der Waals surface area contributed by atoms with Crippen molar-refractivity contribution in [3.63, 3.8) is 0 Å². The van der Waals surface area contributed by atoms with Crippen molar-refractivity contribution in [1.29, 1.82) is 0 Å². The van der Waals surface area contributed by atoms with Crippen LogP contribution in [0.2, 0.25) is 0 Å². The number of halogens is 1. The van der Waals surface area contributed by atoms with E-state index in [4.69, 9.17) is 22.6 Å². The molecule has 0 aliphatic heterocycles. The summed E-state index contributed by atoms with van der Waals surface area (Å²) >= 11 is 6.24. The van der Waals surface area contributed by atoms with Gasteiger partial charge in [-0.1, -0.05) is 49.1 Å². The third kappa shape index (κ3) is 6.79. The molecule has 0 heterocycles. The number of hydrogen-bond acceptors (Lipinski definition) is 3. The highest BCUT2D eigenvalue weighted by Crippen LogP contribution is 2.41. The third-order valence-electron chi connectivity index (χ3n) is 5.18. The quantitative estimate of drug-likeness (QED) is 0.140. The SMILES string of the molecule is C=C\C=C/C1=C(C2CC2)/C=C\C(CN(/C(Cl)=N\N)[C@@H](C)CCC(=O)O)=C/C=C\1C. The van der Waals surface area contributed by atoms with Gasteiger partial charge < -0.3 is 15.8 Å². The van der Waals surface area contributed by atoms with E-state index in [-0.39, 0.29) is 17.8 Å². The maximum atomic E-state index is 10.9. The van der Waals surface area contributed by atoms with Gasteiger partial charge in [-0.15, -0.1) is 0 Å². The van der Waals surface area contributed by atoms with E-state index < -0.39 is 5.97 Å². The first-order chi connectivity index (χ1) is 13.9. The molecule has 1 fully saturated rings. The molecule has 0 spiro atoms. The van der Waals surface area contributed by atoms with Gasteiger partial charge in [0.25, 0.3) is 0 Å². The van der Waals surface area contributed by atoms with Gasteiger partial charge in [-0.2, -0.15) is 5.10 Å². The molecule has 2 aliphatic rings. The third-order valence-corrected chi connectivity index (χ3v) is 5.50. The Labute approximate surface area is 178 Å². The molecule has 3 N–H and O–H groups in total. The summed E-state index contributed by atoms with van der Waals surface area (Å²) in [6.07, 6.45) is 17.3. The standard InChI is InChI=1S/C23H30ClN3O2/c1-4-5-6-20-16(2)7-9-18(10-13-21(20)19-11-12-19)15-27(23(24)26-25)17(3)8-14-22(28)29/h4-7,9-10,13,17,19H,1,8,11-12,14-15,25H2,2-3H3,(H,28,29)/b6-5-,9-7?,13-10-,16-7-,18-9+,18-10?,20-16?,21-13?,21-20+,26-23-/t17-/m0/s1. The lowest BCUT2D eigenvalue weighted by atomic mass is 9.93. The molecule has 0 amide bonds. The molecule has 156 valence electrons. The van der Waals surface area contributed by atoms with Gasteiger partial charge in [0, 0.05) is 19.0 Å². The van der Waals surface area contributed by atoms with Crippen LogP contribution in [-0.4, -0.2) is 33.9 Å². The number of nitrogens with zero attached hydrogens (tertiary/aromatic N) is 2. The molecule has 1 saturated carbocycles. The number of carbonyl (C=O) groups is 1. The van der Waals surface area contributed by atoms with Gasteiger partial charge in [0.05, 0.1) is 0 Å². The number of hydrazone groups is 1. The molecule has 0 saturated heterocycles. The predicted molar refractivity (Wildman–Crippen MR) is 121 cm³/mol. The van der Waals surface area contributed by atoms with E-state index in [0.717, 1.165) is 5.57 Å². The highest BCUT2D eigenvalue weighted by atomic mass is 35.5. The van der Waals surface area contributed by atoms with Crippen LogP contribution in [0.15, 0.2) is 76.5 Å². The number of allylic oxidation sites excluding steroid dienone is 9. The number of amidine groups is 1. The van der Waals surface area contributed by atoms with E-state index in [1.807, 2.05) is 17.9 Å². The lowest BCUT2D eigenvalue weighted by Gasteiger charge is -2.29. The fourth-order valence-electron chi connectivity index (χ4n) is 3.30. The molecule has 0 aromatic rings. The van der Waals surface area contributed by atoms with Gasteiger partial charge in [-0.3, -0.25) is 4.79 Å². The van der Waals surface area contributed by atoms with E-state index in [0.29, 0.717) is 18.9 Å². The molecule has 0 unspecified atom stereocenters. The molecular weight excluding hydrogens is 386 g/mol. The van der Waals surface area contributed by atoms with Crippen LogP contribution >= 0.6 is 11.6 Å². The first-order valence-electron chi connectivity index (χ1n) is 9.88. The molecule has 6 heteroatoms. The van der Waals surface area contributed by atoms with E-state index >= 15 is 0 Å². The van der Waals surface area contributed by atoms with Crippen LogP contribution in [0.3, 0.4) is 0 Å². The number of rotatable bonds is 9. The summed E-state index contributed by atoms with van der Waals surface area (Å²) in [5.74, 6) is 5.17. The van der Waals surface area contributed by atoms with Crippen molar-refractivity contribution < 1.29 is 9.90 Å². The zero-order chi connectivity index (χ0) is 21.4. The molecule has 0 aromatic heterocycles. The molecular formula is C23H30ClN3O2. The van der Waals surface area contributed by atoms with Gasteiger partial charge in [0.1, 0.15) is 0 Å². The minimum atomic E-state index is -0.833. The summed E-state index contributed by atoms with van der Waals surface area (Å²) in [7, 11) is 0. The summed E-state index contributed by atoms with van der Waals surface area (Å²) in [5, 5.41) is 12.8. The summed E-state index contributed by atoms with van der Waals surface area (Å²) in [6.45, 7) is 8.31. The molecule has 0 bridgehead atoms. The highest BCUT2D eigenvalue weighted by Gasteiger charge is 2.27. The molecule has 29 heavy (non-hydrogen) atoms. The van der Waals surface area contributed by atoms with Crippen molar-refractivity contribution in [3.8, 4) is 0 Å². The van der Waals surface area contributed by atoms with Crippen LogP contribution < -0.4 is 5.84 Å². The summed E-state index contributed by atoms with van der Waals surface area (Å²) < 4.78 is 0. The minimum Gasteiger partial charge on any atom is -0.481 e. The van der Waals surface area contributed by atoms with Crippen molar-refractivity contribution in [3.05, 3.63) is 71.4 Å². The van der Waals surface area contributed by atoms with Crippen molar-refractivity contribution in [2.75, 3.05) is 6.54 Å². The fourth-order valence-corrected chi connectivity index (χ4v) is 3.53. The molecule has 2 rings (SSSR count).